The Balaban J connectivity index is 2.00. The lowest BCUT2D eigenvalue weighted by atomic mass is 9.85. The number of rotatable bonds is 3. The first kappa shape index (κ1) is 13.4. The van der Waals surface area contributed by atoms with Crippen LogP contribution in [0.5, 0.6) is 0 Å². The van der Waals surface area contributed by atoms with E-state index in [0.29, 0.717) is 12.1 Å². The van der Waals surface area contributed by atoms with Crippen LogP contribution >= 0.6 is 15.9 Å². The molecular formula is C14H17BrN2O. The number of anilines is 1. The van der Waals surface area contributed by atoms with Crippen LogP contribution in [0.25, 0.3) is 0 Å². The third kappa shape index (κ3) is 3.24. The van der Waals surface area contributed by atoms with Gasteiger partial charge < -0.3 is 10.4 Å². The monoisotopic (exact) mass is 308 g/mol. The number of halogens is 1. The van der Waals surface area contributed by atoms with Crippen LogP contribution in [0, 0.1) is 11.3 Å². The Morgan fingerprint density at radius 1 is 1.33 bits per heavy atom. The van der Waals surface area contributed by atoms with E-state index in [2.05, 4.69) is 27.3 Å². The lowest BCUT2D eigenvalue weighted by Crippen LogP contribution is -2.38. The van der Waals surface area contributed by atoms with E-state index in [1.807, 2.05) is 6.07 Å². The van der Waals surface area contributed by atoms with Crippen molar-refractivity contribution in [2.45, 2.75) is 37.7 Å². The van der Waals surface area contributed by atoms with Gasteiger partial charge in [-0.2, -0.15) is 5.26 Å². The van der Waals surface area contributed by atoms with Crippen molar-refractivity contribution >= 4 is 21.6 Å². The molecule has 0 radical (unpaired) electrons. The third-order valence-corrected chi connectivity index (χ3v) is 4.15. The average Bonchev–Trinajstić information content (AvgIpc) is 2.38. The molecule has 0 bridgehead atoms. The van der Waals surface area contributed by atoms with Crippen LogP contribution in [0.4, 0.5) is 5.69 Å². The molecule has 0 saturated heterocycles. The average molecular weight is 309 g/mol. The molecule has 18 heavy (non-hydrogen) atoms. The van der Waals surface area contributed by atoms with Gasteiger partial charge in [0.25, 0.3) is 0 Å². The zero-order valence-electron chi connectivity index (χ0n) is 10.2. The van der Waals surface area contributed by atoms with Crippen molar-refractivity contribution in [3.63, 3.8) is 0 Å². The maximum absolute atomic E-state index is 10.4. The van der Waals surface area contributed by atoms with Gasteiger partial charge in [-0.15, -0.1) is 0 Å². The van der Waals surface area contributed by atoms with E-state index in [1.165, 1.54) is 6.42 Å². The van der Waals surface area contributed by atoms with Crippen molar-refractivity contribution in [1.82, 2.24) is 0 Å². The first-order chi connectivity index (χ1) is 8.63. The Morgan fingerprint density at radius 2 is 2.06 bits per heavy atom. The fourth-order valence-electron chi connectivity index (χ4n) is 2.37. The molecule has 0 aromatic heterocycles. The zero-order chi connectivity index (χ0) is 13.0. The van der Waals surface area contributed by atoms with Gasteiger partial charge in [0.1, 0.15) is 0 Å². The molecule has 0 heterocycles. The van der Waals surface area contributed by atoms with Crippen LogP contribution in [0.15, 0.2) is 22.7 Å². The number of nitrogens with one attached hydrogen (secondary N) is 1. The second-order valence-electron chi connectivity index (χ2n) is 4.94. The maximum Gasteiger partial charge on any atom is 0.0992 e. The number of aliphatic hydroxyl groups is 1. The largest absolute Gasteiger partial charge is 0.388 e. The molecule has 0 spiro atoms. The lowest BCUT2D eigenvalue weighted by Gasteiger charge is -2.32. The van der Waals surface area contributed by atoms with E-state index in [-0.39, 0.29) is 0 Å². The molecule has 4 heteroatoms. The van der Waals surface area contributed by atoms with Crippen molar-refractivity contribution in [3.8, 4) is 6.07 Å². The van der Waals surface area contributed by atoms with Crippen molar-refractivity contribution in [1.29, 1.82) is 5.26 Å². The summed E-state index contributed by atoms with van der Waals surface area (Å²) in [6.45, 7) is 0.567. The highest BCUT2D eigenvalue weighted by atomic mass is 79.9. The van der Waals surface area contributed by atoms with E-state index < -0.39 is 5.60 Å². The van der Waals surface area contributed by atoms with Crippen LogP contribution in [0.2, 0.25) is 0 Å². The third-order valence-electron chi connectivity index (χ3n) is 3.49. The number of hydrogen-bond acceptors (Lipinski definition) is 3. The van der Waals surface area contributed by atoms with Crippen molar-refractivity contribution in [3.05, 3.63) is 28.2 Å². The van der Waals surface area contributed by atoms with Crippen LogP contribution in [0.1, 0.15) is 37.7 Å². The van der Waals surface area contributed by atoms with Gasteiger partial charge in [0.2, 0.25) is 0 Å². The summed E-state index contributed by atoms with van der Waals surface area (Å²) in [4.78, 5) is 0. The van der Waals surface area contributed by atoms with Crippen LogP contribution < -0.4 is 5.32 Å². The standard InChI is InChI=1S/C14H17BrN2O/c15-12-8-11(9-16)4-5-13(12)17-10-14(18)6-2-1-3-7-14/h4-5,8,17-18H,1-3,6-7,10H2. The first-order valence-corrected chi connectivity index (χ1v) is 7.08. The van der Waals surface area contributed by atoms with Gasteiger partial charge >= 0.3 is 0 Å². The second-order valence-corrected chi connectivity index (χ2v) is 5.80. The molecule has 0 atom stereocenters. The number of nitrogens with zero attached hydrogens (tertiary/aromatic N) is 1. The predicted octanol–water partition coefficient (Wildman–Crippen LogP) is 3.43. The smallest absolute Gasteiger partial charge is 0.0992 e. The van der Waals surface area contributed by atoms with Crippen molar-refractivity contribution < 1.29 is 5.11 Å². The molecule has 1 fully saturated rings. The van der Waals surface area contributed by atoms with Crippen molar-refractivity contribution in [2.24, 2.45) is 0 Å². The van der Waals surface area contributed by atoms with Gasteiger partial charge in [-0.25, -0.2) is 0 Å². The number of hydrogen-bond donors (Lipinski definition) is 2. The number of benzene rings is 1. The molecule has 1 aromatic carbocycles. The highest BCUT2D eigenvalue weighted by Gasteiger charge is 2.28. The Bertz CT molecular complexity index is 461. The van der Waals surface area contributed by atoms with Gasteiger partial charge in [0.15, 0.2) is 0 Å². The van der Waals surface area contributed by atoms with Gasteiger partial charge in [-0.3, -0.25) is 0 Å². The molecule has 2 rings (SSSR count). The molecular weight excluding hydrogens is 292 g/mol. The Labute approximate surface area is 116 Å². The summed E-state index contributed by atoms with van der Waals surface area (Å²) < 4.78 is 0.862. The highest BCUT2D eigenvalue weighted by molar-refractivity contribution is 9.10. The van der Waals surface area contributed by atoms with Crippen LogP contribution in [-0.4, -0.2) is 17.3 Å². The summed E-state index contributed by atoms with van der Waals surface area (Å²) in [7, 11) is 0. The van der Waals surface area contributed by atoms with E-state index >= 15 is 0 Å². The summed E-state index contributed by atoms with van der Waals surface area (Å²) >= 11 is 3.44. The molecule has 1 saturated carbocycles. The molecule has 1 aliphatic carbocycles. The Kier molecular flexibility index (Phi) is 4.26. The second kappa shape index (κ2) is 5.73. The molecule has 1 aliphatic rings. The van der Waals surface area contributed by atoms with E-state index in [0.717, 1.165) is 35.8 Å². The highest BCUT2D eigenvalue weighted by Crippen LogP contribution is 2.30. The van der Waals surface area contributed by atoms with E-state index in [4.69, 9.17) is 5.26 Å². The molecule has 0 amide bonds. The van der Waals surface area contributed by atoms with E-state index in [9.17, 15) is 5.11 Å². The SMILES string of the molecule is N#Cc1ccc(NCC2(O)CCCCC2)c(Br)c1. The van der Waals surface area contributed by atoms with Crippen LogP contribution in [0.3, 0.4) is 0 Å². The zero-order valence-corrected chi connectivity index (χ0v) is 11.8. The fraction of sp³-hybridized carbons (Fsp3) is 0.500. The molecule has 0 unspecified atom stereocenters. The molecule has 0 aliphatic heterocycles. The fourth-order valence-corrected chi connectivity index (χ4v) is 2.89. The predicted molar refractivity (Wildman–Crippen MR) is 75.4 cm³/mol. The normalized spacial score (nSPS) is 18.1. The minimum atomic E-state index is -0.578. The minimum absolute atomic E-state index is 0.567. The lowest BCUT2D eigenvalue weighted by molar-refractivity contribution is 0.0167. The maximum atomic E-state index is 10.4. The van der Waals surface area contributed by atoms with Crippen LogP contribution in [-0.2, 0) is 0 Å². The molecule has 3 nitrogen and oxygen atoms in total. The summed E-state index contributed by atoms with van der Waals surface area (Å²) in [6.07, 6.45) is 5.17. The van der Waals surface area contributed by atoms with Gasteiger partial charge in [-0.1, -0.05) is 19.3 Å². The Morgan fingerprint density at radius 3 is 2.67 bits per heavy atom. The van der Waals surface area contributed by atoms with Gasteiger partial charge in [-0.05, 0) is 47.0 Å². The Hall–Kier alpha value is -1.05. The summed E-state index contributed by atoms with van der Waals surface area (Å²) in [5.74, 6) is 0. The van der Waals surface area contributed by atoms with Crippen molar-refractivity contribution in [2.75, 3.05) is 11.9 Å². The molecule has 2 N–H and O–H groups in total. The number of nitriles is 1. The quantitative estimate of drug-likeness (QED) is 0.899. The minimum Gasteiger partial charge on any atom is -0.388 e. The summed E-state index contributed by atoms with van der Waals surface area (Å²) in [5.41, 5.74) is 0.975. The molecule has 1 aromatic rings. The van der Waals surface area contributed by atoms with Gasteiger partial charge in [0.05, 0.1) is 17.2 Å². The first-order valence-electron chi connectivity index (χ1n) is 6.29. The topological polar surface area (TPSA) is 56.0 Å². The van der Waals surface area contributed by atoms with Gasteiger partial charge in [0, 0.05) is 16.7 Å². The summed E-state index contributed by atoms with van der Waals surface area (Å²) in [6, 6.07) is 7.53. The summed E-state index contributed by atoms with van der Waals surface area (Å²) in [5, 5.41) is 22.5. The molecule has 96 valence electrons. The van der Waals surface area contributed by atoms with E-state index in [1.54, 1.807) is 12.1 Å².